The van der Waals surface area contributed by atoms with Gasteiger partial charge in [-0.25, -0.2) is 31.8 Å². The average molecular weight is 1450 g/mol. The summed E-state index contributed by atoms with van der Waals surface area (Å²) in [5.41, 5.74) is 16.8. The van der Waals surface area contributed by atoms with Crippen LogP contribution in [-0.2, 0) is 24.8 Å². The number of carbonyl (C=O) groups excluding carboxylic acids is 1. The van der Waals surface area contributed by atoms with E-state index in [1.807, 2.05) is 89.2 Å². The first-order valence-corrected chi connectivity index (χ1v) is 38.0. The lowest BCUT2D eigenvalue weighted by molar-refractivity contribution is 0.0730. The van der Waals surface area contributed by atoms with Crippen molar-refractivity contribution in [1.82, 2.24) is 53.2 Å². The van der Waals surface area contributed by atoms with E-state index >= 15 is 0 Å². The van der Waals surface area contributed by atoms with Crippen LogP contribution in [-0.4, -0.2) is 215 Å². The molecule has 1 amide bonds. The van der Waals surface area contributed by atoms with E-state index in [0.717, 1.165) is 118 Å². The minimum absolute atomic E-state index is 0.241. The summed E-state index contributed by atoms with van der Waals surface area (Å²) in [4.78, 5) is 53.2. The van der Waals surface area contributed by atoms with Gasteiger partial charge in [0.2, 0.25) is 43.8 Å². The molecule has 29 heteroatoms. The van der Waals surface area contributed by atoms with Crippen LogP contribution in [0.3, 0.4) is 0 Å². The van der Waals surface area contributed by atoms with Crippen molar-refractivity contribution in [3.63, 3.8) is 0 Å². The number of rotatable bonds is 22. The van der Waals surface area contributed by atoms with Crippen molar-refractivity contribution >= 4 is 112 Å². The molecule has 0 bridgehead atoms. The molecule has 27 nitrogen and oxygen atoms in total. The van der Waals surface area contributed by atoms with Crippen molar-refractivity contribution < 1.29 is 26.4 Å². The first-order valence-electron chi connectivity index (χ1n) is 35.1. The van der Waals surface area contributed by atoms with Gasteiger partial charge in [0, 0.05) is 197 Å². The van der Waals surface area contributed by atoms with Gasteiger partial charge in [0.05, 0.1) is 23.0 Å². The van der Waals surface area contributed by atoms with Crippen molar-refractivity contribution in [2.45, 2.75) is 44.4 Å². The lowest BCUT2D eigenvalue weighted by Gasteiger charge is -2.34. The third-order valence-corrected chi connectivity index (χ3v) is 22.4. The van der Waals surface area contributed by atoms with Gasteiger partial charge in [-0.05, 0) is 169 Å². The molecule has 4 fully saturated rings. The molecule has 3 aromatic heterocycles. The van der Waals surface area contributed by atoms with Crippen LogP contribution in [0, 0.1) is 20.8 Å². The third kappa shape index (κ3) is 20.0. The monoisotopic (exact) mass is 1450 g/mol. The molecule has 0 spiro atoms. The van der Waals surface area contributed by atoms with Gasteiger partial charge >= 0.3 is 0 Å². The van der Waals surface area contributed by atoms with Gasteiger partial charge in [0.15, 0.2) is 0 Å². The number of piperazine rings is 3. The maximum absolute atomic E-state index is 13.1. The highest BCUT2D eigenvalue weighted by Gasteiger charge is 2.28. The van der Waals surface area contributed by atoms with E-state index in [1.165, 1.54) is 25.7 Å². The van der Waals surface area contributed by atoms with Crippen molar-refractivity contribution in [2.75, 3.05) is 186 Å². The summed E-state index contributed by atoms with van der Waals surface area (Å²) >= 11 is 0. The number of morpholine rings is 1. The molecule has 7 heterocycles. The summed E-state index contributed by atoms with van der Waals surface area (Å²) in [6.45, 7) is 24.4. The lowest BCUT2D eigenvalue weighted by atomic mass is 10.2. The molecule has 6 aromatic carbocycles. The molecule has 4 aliphatic heterocycles. The Labute approximate surface area is 611 Å². The van der Waals surface area contributed by atoms with Crippen molar-refractivity contribution in [1.29, 1.82) is 0 Å². The fourth-order valence-corrected chi connectivity index (χ4v) is 15.0. The number of nitrogens with one attached hydrogen (secondary N) is 6. The number of amides is 1. The second-order valence-corrected chi connectivity index (χ2v) is 29.9. The summed E-state index contributed by atoms with van der Waals surface area (Å²) in [6.07, 6.45) is 5.24. The fourth-order valence-electron chi connectivity index (χ4n) is 12.0. The Morgan fingerprint density at radius 1 is 0.433 bits per heavy atom. The predicted molar refractivity (Wildman–Crippen MR) is 416 cm³/mol. The summed E-state index contributed by atoms with van der Waals surface area (Å²) in [5, 5.41) is 19.6. The molecule has 8 N–H and O–H groups in total. The number of anilines is 15. The maximum Gasteiger partial charge on any atom is 0.248 e. The number of nitrogens with zero attached hydrogens (tertiary/aromatic N) is 14. The maximum atomic E-state index is 13.1. The van der Waals surface area contributed by atoms with E-state index in [9.17, 15) is 21.6 Å². The number of hydrogen-bond donors (Lipinski definition) is 7. The number of nitrogens with two attached hydrogens (primary N) is 1. The fraction of sp³-hybridized carbons (Fsp3) is 0.347. The summed E-state index contributed by atoms with van der Waals surface area (Å²) in [6, 6.07) is 45.5. The molecular formula is C75H95N21O6S2. The normalized spacial score (nSPS) is 15.6. The predicted octanol–water partition coefficient (Wildman–Crippen LogP) is 10.2. The van der Waals surface area contributed by atoms with E-state index < -0.39 is 26.0 Å². The molecule has 0 saturated carbocycles. The molecule has 104 heavy (non-hydrogen) atoms. The summed E-state index contributed by atoms with van der Waals surface area (Å²) < 4.78 is 60.2. The molecule has 13 rings (SSSR count). The van der Waals surface area contributed by atoms with Crippen molar-refractivity contribution in [2.24, 2.45) is 5.73 Å². The molecule has 0 unspecified atom stereocenters. The van der Waals surface area contributed by atoms with Crippen LogP contribution in [0.1, 0.15) is 40.9 Å². The Bertz CT molecular complexity index is 4570. The Kier molecular flexibility index (Phi) is 25.2. The number of aryl methyl sites for hydroxylation is 3. The van der Waals surface area contributed by atoms with E-state index in [4.69, 9.17) is 10.5 Å². The van der Waals surface area contributed by atoms with Gasteiger partial charge in [-0.1, -0.05) is 32.0 Å². The van der Waals surface area contributed by atoms with Gasteiger partial charge in [-0.15, -0.1) is 0 Å². The first kappa shape index (κ1) is 75.1. The first-order chi connectivity index (χ1) is 50.1. The number of benzene rings is 6. The van der Waals surface area contributed by atoms with Crippen molar-refractivity contribution in [3.05, 3.63) is 186 Å². The molecule has 9 aromatic rings. The Morgan fingerprint density at radius 3 is 1.12 bits per heavy atom. The van der Waals surface area contributed by atoms with Crippen LogP contribution < -0.4 is 52.3 Å². The van der Waals surface area contributed by atoms with Crippen molar-refractivity contribution in [3.8, 4) is 0 Å². The number of carbonyl (C=O) groups is 1. The quantitative estimate of drug-likeness (QED) is 0.0332. The molecular weight excluding hydrogens is 1360 g/mol. The number of primary amides is 1. The highest BCUT2D eigenvalue weighted by atomic mass is 32.2. The van der Waals surface area contributed by atoms with Gasteiger partial charge in [-0.2, -0.15) is 23.6 Å². The highest BCUT2D eigenvalue weighted by molar-refractivity contribution is 7.89. The molecule has 4 saturated heterocycles. The summed E-state index contributed by atoms with van der Waals surface area (Å²) in [7, 11) is -0.674. The van der Waals surface area contributed by atoms with Gasteiger partial charge in [0.25, 0.3) is 0 Å². The van der Waals surface area contributed by atoms with E-state index in [2.05, 4.69) is 149 Å². The zero-order valence-electron chi connectivity index (χ0n) is 60.4. The van der Waals surface area contributed by atoms with E-state index in [0.29, 0.717) is 91.6 Å². The molecule has 0 atom stereocenters. The zero-order chi connectivity index (χ0) is 73.3. The van der Waals surface area contributed by atoms with Crippen LogP contribution in [0.4, 0.5) is 86.5 Å². The minimum Gasteiger partial charge on any atom is -0.379 e. The van der Waals surface area contributed by atoms with Crippen LogP contribution in [0.2, 0.25) is 0 Å². The number of hydrogen-bond acceptors (Lipinski definition) is 24. The second kappa shape index (κ2) is 34.9. The van der Waals surface area contributed by atoms with E-state index in [-0.39, 0.29) is 9.79 Å². The molecule has 4 aliphatic rings. The second-order valence-electron chi connectivity index (χ2n) is 26.0. The largest absolute Gasteiger partial charge is 0.379 e. The topological polar surface area (TPSA) is 296 Å². The van der Waals surface area contributed by atoms with Crippen LogP contribution >= 0.6 is 0 Å². The molecule has 0 aliphatic carbocycles. The zero-order valence-corrected chi connectivity index (χ0v) is 62.1. The lowest BCUT2D eigenvalue weighted by Crippen LogP contribution is -2.44. The number of sulfonamides is 2. The van der Waals surface area contributed by atoms with Crippen LogP contribution in [0.25, 0.3) is 0 Å². The van der Waals surface area contributed by atoms with E-state index in [1.54, 1.807) is 73.2 Å². The Hall–Kier alpha value is -10.1. The SMILES string of the molecule is CCN(CC)S(=O)(=O)c1cccc(Nc2nc(Nc3ccc(N4CCN(C)CC4)cc3)ncc2C)c1.Cc1cnc(Nc2ccc(N3CCN(C)CC3)cc2)nc1Nc1cccc(C(N)=O)c1.Cc1cnc(Nc2ccc(N3CCN(C)CC3)cc2)nc1Nc1cccc(S(=O)(=O)N2CCOCC2)c1. The minimum atomic E-state index is -3.59. The average Bonchev–Trinajstić information content (AvgIpc) is 0.828. The molecule has 0 radical (unpaired) electrons. The van der Waals surface area contributed by atoms with Gasteiger partial charge < -0.3 is 71.8 Å². The third-order valence-electron chi connectivity index (χ3n) is 18.4. The number of ether oxygens (including phenoxy) is 1. The number of aromatic nitrogens is 6. The molecule has 548 valence electrons. The van der Waals surface area contributed by atoms with Crippen LogP contribution in [0.5, 0.6) is 0 Å². The van der Waals surface area contributed by atoms with Gasteiger partial charge in [-0.3, -0.25) is 4.79 Å². The van der Waals surface area contributed by atoms with Gasteiger partial charge in [0.1, 0.15) is 17.5 Å². The Morgan fingerprint density at radius 2 is 0.769 bits per heavy atom. The number of likely N-dealkylation sites (N-methyl/N-ethyl adjacent to an activating group) is 3. The highest BCUT2D eigenvalue weighted by Crippen LogP contribution is 2.30. The standard InChI is InChI=1S/C26H33N7O3S.C26H35N7O2S.C23H27N7O/c1-20-19-27-26(29-21-6-8-23(9-7-21)32-12-10-31(2)11-13-32)30-25(20)28-22-4-3-5-24(18-22)37(34,35)33-14-16-36-17-15-33;1-5-33(6-2)36(34,35)24-9-7-8-22(18-24)28-25-20(3)19-27-26(30-25)29-21-10-12-23(13-11-21)32-16-14-31(4)15-17-32;1-16-15-25-23(28-22(16)26-19-5-3-4-17(14-19)21(24)31)27-18-6-8-20(9-7-18)30-12-10-29(2)11-13-30/h3-9,18-19H,10-17H2,1-2H3,(H2,27,28,29,30);7-13,18-19H,5-6,14-17H2,1-4H3,(H2,27,28,29,30);3-9,14-15H,10-13H2,1-2H3,(H2,24,31)(H2,25,26,27,28). The van der Waals surface area contributed by atoms with Crippen LogP contribution in [0.15, 0.2) is 174 Å². The summed E-state index contributed by atoms with van der Waals surface area (Å²) in [5.74, 6) is 2.82. The Balaban J connectivity index is 0.000000157. The smallest absolute Gasteiger partial charge is 0.248 e.